The topological polar surface area (TPSA) is 88.6 Å². The van der Waals surface area contributed by atoms with Crippen LogP contribution >= 0.6 is 0 Å². The van der Waals surface area contributed by atoms with Crippen LogP contribution in [0.25, 0.3) is 0 Å². The number of nitrogens with zero attached hydrogens (tertiary/aromatic N) is 2. The minimum Gasteiger partial charge on any atom is -0.487 e. The van der Waals surface area contributed by atoms with Gasteiger partial charge in [-0.2, -0.15) is 4.31 Å². The molecule has 4 rings (SSSR count). The number of carbonyl (C=O) groups is 1. The molecule has 2 heterocycles. The van der Waals surface area contributed by atoms with E-state index in [9.17, 15) is 13.2 Å². The van der Waals surface area contributed by atoms with Gasteiger partial charge in [0.05, 0.1) is 10.6 Å². The molecular formula is C27H31N3O4S. The van der Waals surface area contributed by atoms with Gasteiger partial charge in [-0.05, 0) is 72.4 Å². The number of nitrogens with one attached hydrogen (secondary N) is 1. The number of carbonyl (C=O) groups excluding carboxylic acids is 1. The predicted octanol–water partition coefficient (Wildman–Crippen LogP) is 4.26. The van der Waals surface area contributed by atoms with Gasteiger partial charge in [0.15, 0.2) is 0 Å². The number of sulfonamides is 1. The van der Waals surface area contributed by atoms with Crippen molar-refractivity contribution in [1.29, 1.82) is 0 Å². The second-order valence-electron chi connectivity index (χ2n) is 9.23. The highest BCUT2D eigenvalue weighted by molar-refractivity contribution is 7.89. The maximum atomic E-state index is 13.1. The van der Waals surface area contributed by atoms with Gasteiger partial charge in [0.25, 0.3) is 5.91 Å². The van der Waals surface area contributed by atoms with Crippen molar-refractivity contribution in [3.8, 4) is 5.75 Å². The van der Waals surface area contributed by atoms with Gasteiger partial charge in [0.2, 0.25) is 10.0 Å². The summed E-state index contributed by atoms with van der Waals surface area (Å²) in [6.07, 6.45) is 2.76. The molecule has 3 aromatic rings. The standard InChI is InChI=1S/C27H31N3O4S/c1-20-14-21(2)18-30(17-20)35(32,33)26-11-9-23(10-12-26)27(31)29-16-22-6-5-8-25(15-22)34-19-24-7-3-4-13-28-24/h3-13,15,20-21H,14,16-19H2,1-2H3,(H,29,31). The summed E-state index contributed by atoms with van der Waals surface area (Å²) in [5.74, 6) is 1.09. The van der Waals surface area contributed by atoms with E-state index in [1.807, 2.05) is 42.5 Å². The Morgan fingerprint density at radius 1 is 1.03 bits per heavy atom. The maximum Gasteiger partial charge on any atom is 0.251 e. The van der Waals surface area contributed by atoms with Crippen molar-refractivity contribution in [3.63, 3.8) is 0 Å². The molecule has 8 heteroatoms. The Bertz CT molecular complexity index is 1240. The molecule has 2 aromatic carbocycles. The number of hydrogen-bond acceptors (Lipinski definition) is 5. The molecule has 1 aromatic heterocycles. The first kappa shape index (κ1) is 24.9. The first-order valence-corrected chi connectivity index (χ1v) is 13.3. The lowest BCUT2D eigenvalue weighted by molar-refractivity contribution is 0.0950. The summed E-state index contributed by atoms with van der Waals surface area (Å²) in [4.78, 5) is 17.1. The smallest absolute Gasteiger partial charge is 0.251 e. The van der Waals surface area contributed by atoms with E-state index in [0.29, 0.717) is 49.4 Å². The molecule has 35 heavy (non-hydrogen) atoms. The lowest BCUT2D eigenvalue weighted by Gasteiger charge is -2.34. The summed E-state index contributed by atoms with van der Waals surface area (Å²) in [6.45, 7) is 5.89. The van der Waals surface area contributed by atoms with Crippen LogP contribution < -0.4 is 10.1 Å². The zero-order valence-corrected chi connectivity index (χ0v) is 20.9. The molecule has 1 aliphatic rings. The third-order valence-electron chi connectivity index (χ3n) is 6.05. The number of rotatable bonds is 8. The Kier molecular flexibility index (Phi) is 7.83. The molecule has 1 N–H and O–H groups in total. The number of aromatic nitrogens is 1. The van der Waals surface area contributed by atoms with E-state index in [1.165, 1.54) is 12.1 Å². The maximum absolute atomic E-state index is 13.1. The summed E-state index contributed by atoms with van der Waals surface area (Å²) in [5.41, 5.74) is 2.14. The molecule has 1 saturated heterocycles. The Morgan fingerprint density at radius 2 is 1.77 bits per heavy atom. The van der Waals surface area contributed by atoms with Crippen LogP contribution in [0.1, 0.15) is 41.9 Å². The van der Waals surface area contributed by atoms with Gasteiger partial charge >= 0.3 is 0 Å². The Morgan fingerprint density at radius 3 is 2.46 bits per heavy atom. The Hall–Kier alpha value is -3.23. The van der Waals surface area contributed by atoms with E-state index in [-0.39, 0.29) is 10.8 Å². The zero-order chi connectivity index (χ0) is 24.8. The van der Waals surface area contributed by atoms with Crippen LogP contribution in [0.15, 0.2) is 77.8 Å². The second-order valence-corrected chi connectivity index (χ2v) is 11.2. The molecule has 1 amide bonds. The predicted molar refractivity (Wildman–Crippen MR) is 134 cm³/mol. The van der Waals surface area contributed by atoms with Crippen molar-refractivity contribution in [2.75, 3.05) is 13.1 Å². The first-order chi connectivity index (χ1) is 16.8. The lowest BCUT2D eigenvalue weighted by atomic mass is 9.94. The average Bonchev–Trinajstić information content (AvgIpc) is 2.86. The summed E-state index contributed by atoms with van der Waals surface area (Å²) in [7, 11) is -3.57. The molecule has 184 valence electrons. The fraction of sp³-hybridized carbons (Fsp3) is 0.333. The number of piperidine rings is 1. The monoisotopic (exact) mass is 493 g/mol. The van der Waals surface area contributed by atoms with Crippen LogP contribution in [-0.4, -0.2) is 36.7 Å². The van der Waals surface area contributed by atoms with Crippen LogP contribution in [0.5, 0.6) is 5.75 Å². The summed E-state index contributed by atoms with van der Waals surface area (Å²) in [5, 5.41) is 2.88. The molecule has 0 saturated carbocycles. The molecule has 1 aliphatic heterocycles. The lowest BCUT2D eigenvalue weighted by Crippen LogP contribution is -2.42. The van der Waals surface area contributed by atoms with Gasteiger partial charge in [0.1, 0.15) is 12.4 Å². The highest BCUT2D eigenvalue weighted by atomic mass is 32.2. The fourth-order valence-electron chi connectivity index (χ4n) is 4.40. The second kappa shape index (κ2) is 11.0. The molecule has 1 fully saturated rings. The van der Waals surface area contributed by atoms with Gasteiger partial charge in [-0.1, -0.05) is 32.0 Å². The summed E-state index contributed by atoms with van der Waals surface area (Å²) in [6, 6.07) is 19.3. The third kappa shape index (κ3) is 6.46. The van der Waals surface area contributed by atoms with Crippen LogP contribution in [0.3, 0.4) is 0 Å². The van der Waals surface area contributed by atoms with Gasteiger partial charge in [-0.15, -0.1) is 0 Å². The molecule has 0 aliphatic carbocycles. The molecule has 2 unspecified atom stereocenters. The van der Waals surface area contributed by atoms with E-state index in [1.54, 1.807) is 22.6 Å². The van der Waals surface area contributed by atoms with Crippen molar-refractivity contribution in [2.24, 2.45) is 11.8 Å². The number of pyridine rings is 1. The zero-order valence-electron chi connectivity index (χ0n) is 20.1. The van der Waals surface area contributed by atoms with Gasteiger partial charge < -0.3 is 10.1 Å². The van der Waals surface area contributed by atoms with E-state index in [4.69, 9.17) is 4.74 Å². The van der Waals surface area contributed by atoms with Gasteiger partial charge in [-0.25, -0.2) is 8.42 Å². The SMILES string of the molecule is CC1CC(C)CN(S(=O)(=O)c2ccc(C(=O)NCc3cccc(OCc4ccccn4)c3)cc2)C1. The van der Waals surface area contributed by atoms with Crippen LogP contribution in [0.4, 0.5) is 0 Å². The molecule has 7 nitrogen and oxygen atoms in total. The first-order valence-electron chi connectivity index (χ1n) is 11.8. The van der Waals surface area contributed by atoms with E-state index in [2.05, 4.69) is 24.1 Å². The van der Waals surface area contributed by atoms with Crippen molar-refractivity contribution in [3.05, 3.63) is 89.7 Å². The highest BCUT2D eigenvalue weighted by Crippen LogP contribution is 2.26. The molecule has 2 atom stereocenters. The normalized spacial score (nSPS) is 18.7. The largest absolute Gasteiger partial charge is 0.487 e. The summed E-state index contributed by atoms with van der Waals surface area (Å²) >= 11 is 0. The van der Waals surface area contributed by atoms with Crippen molar-refractivity contribution in [2.45, 2.75) is 38.3 Å². The van der Waals surface area contributed by atoms with E-state index >= 15 is 0 Å². The van der Waals surface area contributed by atoms with Crippen LogP contribution in [0.2, 0.25) is 0 Å². The fourth-order valence-corrected chi connectivity index (χ4v) is 6.08. The quantitative estimate of drug-likeness (QED) is 0.507. The highest BCUT2D eigenvalue weighted by Gasteiger charge is 2.31. The summed E-state index contributed by atoms with van der Waals surface area (Å²) < 4.78 is 33.5. The van der Waals surface area contributed by atoms with Crippen LogP contribution in [-0.2, 0) is 23.2 Å². The number of benzene rings is 2. The van der Waals surface area contributed by atoms with Crippen LogP contribution in [0, 0.1) is 11.8 Å². The minimum atomic E-state index is -3.57. The Balaban J connectivity index is 1.34. The minimum absolute atomic E-state index is 0.216. The molecular weight excluding hydrogens is 462 g/mol. The molecule has 0 spiro atoms. The molecule has 0 radical (unpaired) electrons. The van der Waals surface area contributed by atoms with Gasteiger partial charge in [-0.3, -0.25) is 9.78 Å². The Labute approximate surface area is 207 Å². The van der Waals surface area contributed by atoms with Crippen molar-refractivity contribution < 1.29 is 17.9 Å². The van der Waals surface area contributed by atoms with E-state index in [0.717, 1.165) is 17.7 Å². The average molecular weight is 494 g/mol. The number of hydrogen-bond donors (Lipinski definition) is 1. The third-order valence-corrected chi connectivity index (χ3v) is 7.90. The van der Waals surface area contributed by atoms with Crippen molar-refractivity contribution >= 4 is 15.9 Å². The molecule has 0 bridgehead atoms. The number of ether oxygens (including phenoxy) is 1. The van der Waals surface area contributed by atoms with Crippen molar-refractivity contribution in [1.82, 2.24) is 14.6 Å². The van der Waals surface area contributed by atoms with Gasteiger partial charge in [0, 0.05) is 31.4 Å². The number of amides is 1. The van der Waals surface area contributed by atoms with E-state index < -0.39 is 10.0 Å².